The molecule has 0 aliphatic carbocycles. The largest absolute Gasteiger partial charge is 0.515 e. The lowest BCUT2D eigenvalue weighted by Gasteiger charge is -2.10. The van der Waals surface area contributed by atoms with E-state index in [1.165, 1.54) is 0 Å². The summed E-state index contributed by atoms with van der Waals surface area (Å²) in [7, 11) is 0. The molecule has 18 heavy (non-hydrogen) atoms. The number of hydrogen-bond acceptors (Lipinski definition) is 2. The van der Waals surface area contributed by atoms with Crippen LogP contribution < -0.4 is 0 Å². The lowest BCUT2D eigenvalue weighted by Crippen LogP contribution is -1.91. The van der Waals surface area contributed by atoms with Crippen molar-refractivity contribution in [3.05, 3.63) is 84.3 Å². The standard InChI is InChI=1S/C16H14O2/c17-11-15(13-7-3-1-4-8-13)16(12-18)14-9-5-2-6-10-14/h1-12,17-18H. The second-order valence-corrected chi connectivity index (χ2v) is 3.82. The van der Waals surface area contributed by atoms with Crippen LogP contribution >= 0.6 is 0 Å². The van der Waals surface area contributed by atoms with Gasteiger partial charge in [-0.25, -0.2) is 0 Å². The maximum absolute atomic E-state index is 9.43. The topological polar surface area (TPSA) is 40.5 Å². The molecule has 2 N–H and O–H groups in total. The van der Waals surface area contributed by atoms with Crippen molar-refractivity contribution < 1.29 is 10.2 Å². The van der Waals surface area contributed by atoms with Gasteiger partial charge in [-0.3, -0.25) is 0 Å². The SMILES string of the molecule is OC=C(C(=CO)c1ccccc1)c1ccccc1. The van der Waals surface area contributed by atoms with E-state index in [0.29, 0.717) is 11.1 Å². The minimum atomic E-state index is 0.587. The summed E-state index contributed by atoms with van der Waals surface area (Å²) in [6.45, 7) is 0. The number of hydrogen-bond donors (Lipinski definition) is 2. The number of aliphatic hydroxyl groups excluding tert-OH is 2. The molecule has 0 bridgehead atoms. The Hall–Kier alpha value is -2.48. The summed E-state index contributed by atoms with van der Waals surface area (Å²) < 4.78 is 0. The molecule has 0 fully saturated rings. The monoisotopic (exact) mass is 238 g/mol. The lowest BCUT2D eigenvalue weighted by molar-refractivity contribution is 0.471. The molecule has 0 aromatic heterocycles. The van der Waals surface area contributed by atoms with Gasteiger partial charge in [-0.05, 0) is 11.1 Å². The number of rotatable bonds is 3. The summed E-state index contributed by atoms with van der Waals surface area (Å²) >= 11 is 0. The van der Waals surface area contributed by atoms with Crippen molar-refractivity contribution in [3.63, 3.8) is 0 Å². The molecule has 0 saturated heterocycles. The second-order valence-electron chi connectivity index (χ2n) is 3.82. The van der Waals surface area contributed by atoms with E-state index in [9.17, 15) is 10.2 Å². The van der Waals surface area contributed by atoms with Gasteiger partial charge in [-0.2, -0.15) is 0 Å². The molecular formula is C16H14O2. The lowest BCUT2D eigenvalue weighted by atomic mass is 9.94. The van der Waals surface area contributed by atoms with Crippen molar-refractivity contribution in [2.45, 2.75) is 0 Å². The zero-order valence-electron chi connectivity index (χ0n) is 9.82. The summed E-state index contributed by atoms with van der Waals surface area (Å²) in [5, 5.41) is 18.9. The van der Waals surface area contributed by atoms with Crippen molar-refractivity contribution in [1.82, 2.24) is 0 Å². The Kier molecular flexibility index (Phi) is 3.82. The van der Waals surface area contributed by atoms with E-state index in [-0.39, 0.29) is 0 Å². The fraction of sp³-hybridized carbons (Fsp3) is 0. The summed E-state index contributed by atoms with van der Waals surface area (Å²) in [5.41, 5.74) is 2.88. The molecule has 0 aliphatic heterocycles. The highest BCUT2D eigenvalue weighted by atomic mass is 16.2. The Balaban J connectivity index is 2.45. The van der Waals surface area contributed by atoms with Gasteiger partial charge in [0, 0.05) is 11.1 Å². The Morgan fingerprint density at radius 2 is 0.944 bits per heavy atom. The Morgan fingerprint density at radius 3 is 1.22 bits per heavy atom. The molecule has 0 heterocycles. The van der Waals surface area contributed by atoms with Gasteiger partial charge in [-0.15, -0.1) is 0 Å². The second kappa shape index (κ2) is 5.73. The third-order valence-corrected chi connectivity index (χ3v) is 2.72. The summed E-state index contributed by atoms with van der Waals surface area (Å²) in [4.78, 5) is 0. The molecule has 0 atom stereocenters. The fourth-order valence-electron chi connectivity index (χ4n) is 1.83. The van der Waals surface area contributed by atoms with Crippen LogP contribution in [0.15, 0.2) is 73.2 Å². The molecule has 2 nitrogen and oxygen atoms in total. The van der Waals surface area contributed by atoms with E-state index < -0.39 is 0 Å². The van der Waals surface area contributed by atoms with Crippen LogP contribution in [0.4, 0.5) is 0 Å². The molecule has 0 amide bonds. The Labute approximate surface area is 106 Å². The quantitative estimate of drug-likeness (QED) is 0.622. The molecule has 2 heteroatoms. The Morgan fingerprint density at radius 1 is 0.611 bits per heavy atom. The normalized spacial score (nSPS) is 12.4. The molecule has 2 aromatic rings. The van der Waals surface area contributed by atoms with Gasteiger partial charge >= 0.3 is 0 Å². The van der Waals surface area contributed by atoms with Crippen molar-refractivity contribution in [2.75, 3.05) is 0 Å². The third kappa shape index (κ3) is 2.43. The average molecular weight is 238 g/mol. The predicted octanol–water partition coefficient (Wildman–Crippen LogP) is 4.18. The minimum absolute atomic E-state index is 0.587. The molecule has 90 valence electrons. The number of aliphatic hydroxyl groups is 2. The van der Waals surface area contributed by atoms with Gasteiger partial charge < -0.3 is 10.2 Å². The fourth-order valence-corrected chi connectivity index (χ4v) is 1.83. The van der Waals surface area contributed by atoms with Crippen molar-refractivity contribution in [3.8, 4) is 0 Å². The first kappa shape index (κ1) is 12.0. The summed E-state index contributed by atoms with van der Waals surface area (Å²) in [6, 6.07) is 18.9. The summed E-state index contributed by atoms with van der Waals surface area (Å²) in [6.07, 6.45) is 2.04. The first-order valence-electron chi connectivity index (χ1n) is 5.67. The van der Waals surface area contributed by atoms with Gasteiger partial charge in [0.2, 0.25) is 0 Å². The third-order valence-electron chi connectivity index (χ3n) is 2.72. The zero-order valence-corrected chi connectivity index (χ0v) is 9.82. The summed E-state index contributed by atoms with van der Waals surface area (Å²) in [5.74, 6) is 0. The predicted molar refractivity (Wildman–Crippen MR) is 74.1 cm³/mol. The van der Waals surface area contributed by atoms with E-state index in [4.69, 9.17) is 0 Å². The highest BCUT2D eigenvalue weighted by molar-refractivity contribution is 6.04. The average Bonchev–Trinajstić information content (AvgIpc) is 2.46. The first-order valence-corrected chi connectivity index (χ1v) is 5.67. The van der Waals surface area contributed by atoms with Gasteiger partial charge in [0.1, 0.15) is 0 Å². The zero-order chi connectivity index (χ0) is 12.8. The maximum atomic E-state index is 9.43. The molecule has 0 aliphatic rings. The number of benzene rings is 2. The molecule has 0 spiro atoms. The van der Waals surface area contributed by atoms with E-state index in [1.54, 1.807) is 0 Å². The van der Waals surface area contributed by atoms with E-state index in [2.05, 4.69) is 0 Å². The van der Waals surface area contributed by atoms with Crippen LogP contribution in [0.5, 0.6) is 0 Å². The van der Waals surface area contributed by atoms with Gasteiger partial charge in [-0.1, -0.05) is 60.7 Å². The Bertz CT molecular complexity index is 501. The molecule has 0 radical (unpaired) electrons. The van der Waals surface area contributed by atoms with E-state index in [0.717, 1.165) is 23.7 Å². The van der Waals surface area contributed by atoms with Crippen LogP contribution in [-0.4, -0.2) is 10.2 Å². The molecule has 0 unspecified atom stereocenters. The highest BCUT2D eigenvalue weighted by Crippen LogP contribution is 2.30. The van der Waals surface area contributed by atoms with Gasteiger partial charge in [0.25, 0.3) is 0 Å². The van der Waals surface area contributed by atoms with Crippen molar-refractivity contribution >= 4 is 11.1 Å². The van der Waals surface area contributed by atoms with Gasteiger partial charge in [0.05, 0.1) is 12.5 Å². The molecule has 2 rings (SSSR count). The van der Waals surface area contributed by atoms with Crippen molar-refractivity contribution in [2.24, 2.45) is 0 Å². The van der Waals surface area contributed by atoms with E-state index in [1.807, 2.05) is 60.7 Å². The number of allylic oxidation sites excluding steroid dienone is 2. The maximum Gasteiger partial charge on any atom is 0.0877 e. The van der Waals surface area contributed by atoms with Crippen LogP contribution in [-0.2, 0) is 0 Å². The van der Waals surface area contributed by atoms with Crippen LogP contribution in [0.1, 0.15) is 11.1 Å². The van der Waals surface area contributed by atoms with Crippen molar-refractivity contribution in [1.29, 1.82) is 0 Å². The molecular weight excluding hydrogens is 224 g/mol. The van der Waals surface area contributed by atoms with Crippen LogP contribution in [0.3, 0.4) is 0 Å². The first-order chi connectivity index (χ1) is 8.86. The molecule has 2 aromatic carbocycles. The smallest absolute Gasteiger partial charge is 0.0877 e. The van der Waals surface area contributed by atoms with Gasteiger partial charge in [0.15, 0.2) is 0 Å². The van der Waals surface area contributed by atoms with Crippen LogP contribution in [0, 0.1) is 0 Å². The van der Waals surface area contributed by atoms with Crippen LogP contribution in [0.25, 0.3) is 11.1 Å². The van der Waals surface area contributed by atoms with Crippen LogP contribution in [0.2, 0.25) is 0 Å². The molecule has 0 saturated carbocycles. The van der Waals surface area contributed by atoms with E-state index >= 15 is 0 Å². The minimum Gasteiger partial charge on any atom is -0.515 e. The highest BCUT2D eigenvalue weighted by Gasteiger charge is 2.10.